The number of allylic oxidation sites excluding steroid dienone is 1. The van der Waals surface area contributed by atoms with E-state index >= 15 is 0 Å². The molecule has 0 unspecified atom stereocenters. The zero-order valence-electron chi connectivity index (χ0n) is 16.0. The minimum absolute atomic E-state index is 0.00737. The van der Waals surface area contributed by atoms with Crippen LogP contribution in [0.4, 0.5) is 11.5 Å². The maximum Gasteiger partial charge on any atom is 0.352 e. The second kappa shape index (κ2) is 7.27. The van der Waals surface area contributed by atoms with Gasteiger partial charge in [-0.05, 0) is 37.6 Å². The molecule has 4 rings (SSSR count). The number of anilines is 2. The van der Waals surface area contributed by atoms with Gasteiger partial charge in [0.15, 0.2) is 0 Å². The van der Waals surface area contributed by atoms with Crippen molar-refractivity contribution in [2.24, 2.45) is 0 Å². The van der Waals surface area contributed by atoms with Gasteiger partial charge in [0.25, 0.3) is 5.91 Å². The summed E-state index contributed by atoms with van der Waals surface area (Å²) < 4.78 is 1.63. The first-order valence-electron chi connectivity index (χ1n) is 9.16. The lowest BCUT2D eigenvalue weighted by Crippen LogP contribution is -2.25. The smallest absolute Gasteiger partial charge is 0.352 e. The standard InChI is InChI=1S/C22H20N4O3/c1-13-3-7-15(8-4-13)19-11-18(22(28)29)25-20-17(12-23-26(19)20)21(27)24-16-9-5-14(2)6-10-16/h3-12,19,25H,1-2H3,(H,24,27)(H,28,29)/t19-/m1/s1. The zero-order valence-corrected chi connectivity index (χ0v) is 16.0. The molecule has 2 heterocycles. The normalized spacial score (nSPS) is 15.1. The van der Waals surface area contributed by atoms with Crippen LogP contribution in [0.1, 0.15) is 33.1 Å². The molecule has 0 fully saturated rings. The van der Waals surface area contributed by atoms with Crippen LogP contribution in [0.2, 0.25) is 0 Å². The van der Waals surface area contributed by atoms with E-state index in [1.165, 1.54) is 6.20 Å². The number of aromatic nitrogens is 2. The number of carbonyl (C=O) groups is 2. The lowest BCUT2D eigenvalue weighted by atomic mass is 10.0. The maximum atomic E-state index is 12.8. The monoisotopic (exact) mass is 388 g/mol. The van der Waals surface area contributed by atoms with E-state index in [0.29, 0.717) is 11.5 Å². The van der Waals surface area contributed by atoms with Crippen LogP contribution < -0.4 is 10.6 Å². The number of carboxylic acids is 1. The Morgan fingerprint density at radius 1 is 1.03 bits per heavy atom. The highest BCUT2D eigenvalue weighted by atomic mass is 16.4. The second-order valence-electron chi connectivity index (χ2n) is 7.04. The number of aryl methyl sites for hydroxylation is 2. The maximum absolute atomic E-state index is 12.8. The van der Waals surface area contributed by atoms with Gasteiger partial charge in [0.1, 0.15) is 17.1 Å². The van der Waals surface area contributed by atoms with Gasteiger partial charge >= 0.3 is 5.97 Å². The number of hydrogen-bond donors (Lipinski definition) is 3. The first kappa shape index (κ1) is 18.5. The molecule has 0 aliphatic carbocycles. The van der Waals surface area contributed by atoms with Gasteiger partial charge in [0.2, 0.25) is 0 Å². The van der Waals surface area contributed by atoms with E-state index in [-0.39, 0.29) is 17.2 Å². The Balaban J connectivity index is 1.70. The topological polar surface area (TPSA) is 96.3 Å². The number of carbonyl (C=O) groups excluding carboxylic acids is 1. The summed E-state index contributed by atoms with van der Waals surface area (Å²) in [6.07, 6.45) is 3.04. The van der Waals surface area contributed by atoms with Crippen LogP contribution in [0.15, 0.2) is 66.5 Å². The Kier molecular flexibility index (Phi) is 4.64. The average molecular weight is 388 g/mol. The molecule has 0 radical (unpaired) electrons. The van der Waals surface area contributed by atoms with Crippen molar-refractivity contribution >= 4 is 23.4 Å². The molecule has 3 aromatic rings. The predicted octanol–water partition coefficient (Wildman–Crippen LogP) is 3.74. The molecule has 0 bridgehead atoms. The first-order chi connectivity index (χ1) is 13.9. The van der Waals surface area contributed by atoms with Crippen molar-refractivity contribution in [2.45, 2.75) is 19.9 Å². The fourth-order valence-corrected chi connectivity index (χ4v) is 3.22. The Labute approximate surface area is 167 Å². The van der Waals surface area contributed by atoms with Gasteiger partial charge in [-0.2, -0.15) is 5.10 Å². The molecule has 1 aliphatic rings. The molecule has 2 aromatic carbocycles. The second-order valence-corrected chi connectivity index (χ2v) is 7.04. The van der Waals surface area contributed by atoms with Crippen LogP contribution in [0.5, 0.6) is 0 Å². The van der Waals surface area contributed by atoms with Gasteiger partial charge in [-0.3, -0.25) is 4.79 Å². The number of amides is 1. The number of carboxylic acid groups (broad SMARTS) is 1. The molecule has 0 spiro atoms. The van der Waals surface area contributed by atoms with Crippen LogP contribution in [-0.2, 0) is 4.79 Å². The van der Waals surface area contributed by atoms with E-state index in [9.17, 15) is 14.7 Å². The van der Waals surface area contributed by atoms with Crippen LogP contribution >= 0.6 is 0 Å². The highest BCUT2D eigenvalue weighted by molar-refractivity contribution is 6.08. The average Bonchev–Trinajstić information content (AvgIpc) is 3.14. The fourth-order valence-electron chi connectivity index (χ4n) is 3.22. The molecular weight excluding hydrogens is 368 g/mol. The summed E-state index contributed by atoms with van der Waals surface area (Å²) in [7, 11) is 0. The molecule has 146 valence electrons. The van der Waals surface area contributed by atoms with Crippen LogP contribution in [0.25, 0.3) is 0 Å². The largest absolute Gasteiger partial charge is 0.477 e. The van der Waals surface area contributed by atoms with Gasteiger partial charge in [0.05, 0.1) is 12.2 Å². The molecule has 1 atom stereocenters. The quantitative estimate of drug-likeness (QED) is 0.633. The van der Waals surface area contributed by atoms with E-state index < -0.39 is 12.0 Å². The van der Waals surface area contributed by atoms with Gasteiger partial charge < -0.3 is 15.7 Å². The zero-order chi connectivity index (χ0) is 20.5. The first-order valence-corrected chi connectivity index (χ1v) is 9.16. The van der Waals surface area contributed by atoms with Crippen molar-refractivity contribution in [1.82, 2.24) is 9.78 Å². The Morgan fingerprint density at radius 2 is 1.66 bits per heavy atom. The van der Waals surface area contributed by atoms with Crippen molar-refractivity contribution in [3.63, 3.8) is 0 Å². The number of fused-ring (bicyclic) bond motifs is 1. The number of nitrogens with zero attached hydrogens (tertiary/aromatic N) is 2. The molecule has 1 aromatic heterocycles. The Bertz CT molecular complexity index is 1110. The van der Waals surface area contributed by atoms with Gasteiger partial charge in [-0.15, -0.1) is 0 Å². The Hall–Kier alpha value is -3.87. The summed E-state index contributed by atoms with van der Waals surface area (Å²) in [5, 5.41) is 19.6. The van der Waals surface area contributed by atoms with Gasteiger partial charge in [-0.1, -0.05) is 47.5 Å². The summed E-state index contributed by atoms with van der Waals surface area (Å²) in [6, 6.07) is 14.8. The van der Waals surface area contributed by atoms with Crippen LogP contribution in [0.3, 0.4) is 0 Å². The summed E-state index contributed by atoms with van der Waals surface area (Å²) in [5.74, 6) is -1.11. The third kappa shape index (κ3) is 3.62. The third-order valence-corrected chi connectivity index (χ3v) is 4.84. The van der Waals surface area contributed by atoms with Crippen molar-refractivity contribution in [3.8, 4) is 0 Å². The minimum Gasteiger partial charge on any atom is -0.477 e. The van der Waals surface area contributed by atoms with E-state index in [1.54, 1.807) is 10.8 Å². The molecule has 1 amide bonds. The fraction of sp³-hybridized carbons (Fsp3) is 0.136. The predicted molar refractivity (Wildman–Crippen MR) is 110 cm³/mol. The molecule has 3 N–H and O–H groups in total. The van der Waals surface area contributed by atoms with Gasteiger partial charge in [0, 0.05) is 5.69 Å². The highest BCUT2D eigenvalue weighted by Gasteiger charge is 2.29. The van der Waals surface area contributed by atoms with E-state index in [1.807, 2.05) is 62.4 Å². The summed E-state index contributed by atoms with van der Waals surface area (Å²) >= 11 is 0. The molecule has 7 heteroatoms. The molecule has 1 aliphatic heterocycles. The molecule has 7 nitrogen and oxygen atoms in total. The SMILES string of the molecule is Cc1ccc(NC(=O)c2cnn3c2NC(C(=O)O)=C[C@@H]3c2ccc(C)cc2)cc1. The van der Waals surface area contributed by atoms with E-state index in [4.69, 9.17) is 0 Å². The minimum atomic E-state index is -1.10. The lowest BCUT2D eigenvalue weighted by molar-refractivity contribution is -0.132. The van der Waals surface area contributed by atoms with Gasteiger partial charge in [-0.25, -0.2) is 9.48 Å². The highest BCUT2D eigenvalue weighted by Crippen LogP contribution is 2.32. The molecule has 0 saturated carbocycles. The van der Waals surface area contributed by atoms with Crippen molar-refractivity contribution < 1.29 is 14.7 Å². The van der Waals surface area contributed by atoms with E-state index in [2.05, 4.69) is 15.7 Å². The summed E-state index contributed by atoms with van der Waals surface area (Å²) in [6.45, 7) is 3.95. The lowest BCUT2D eigenvalue weighted by Gasteiger charge is -2.24. The van der Waals surface area contributed by atoms with E-state index in [0.717, 1.165) is 16.7 Å². The molecular formula is C22H20N4O3. The molecule has 0 saturated heterocycles. The molecule has 29 heavy (non-hydrogen) atoms. The van der Waals surface area contributed by atoms with Crippen molar-refractivity contribution in [3.05, 3.63) is 88.8 Å². The van der Waals surface area contributed by atoms with Crippen molar-refractivity contribution in [1.29, 1.82) is 0 Å². The third-order valence-electron chi connectivity index (χ3n) is 4.84. The number of benzene rings is 2. The number of aliphatic carboxylic acids is 1. The number of rotatable bonds is 4. The number of nitrogens with one attached hydrogen (secondary N) is 2. The number of hydrogen-bond acceptors (Lipinski definition) is 4. The van der Waals surface area contributed by atoms with Crippen LogP contribution in [0, 0.1) is 13.8 Å². The summed E-state index contributed by atoms with van der Waals surface area (Å²) in [5.41, 5.74) is 4.00. The van der Waals surface area contributed by atoms with Crippen LogP contribution in [-0.4, -0.2) is 26.8 Å². The summed E-state index contributed by atoms with van der Waals surface area (Å²) in [4.78, 5) is 24.5. The Morgan fingerprint density at radius 3 is 2.28 bits per heavy atom. The van der Waals surface area contributed by atoms with Crippen molar-refractivity contribution in [2.75, 3.05) is 10.6 Å².